The Bertz CT molecular complexity index is 658. The Labute approximate surface area is 115 Å². The molecule has 0 saturated carbocycles. The maximum atomic E-state index is 12.2. The summed E-state index contributed by atoms with van der Waals surface area (Å²) in [5, 5.41) is 14.2. The maximum Gasteiger partial charge on any atom is 0.328 e. The van der Waals surface area contributed by atoms with Gasteiger partial charge in [0.15, 0.2) is 0 Å². The van der Waals surface area contributed by atoms with Crippen molar-refractivity contribution < 1.29 is 14.7 Å². The second kappa shape index (κ2) is 4.66. The molecule has 2 N–H and O–H groups in total. The van der Waals surface area contributed by atoms with Crippen molar-refractivity contribution in [2.24, 2.45) is 0 Å². The zero-order valence-corrected chi connectivity index (χ0v) is 11.8. The second-order valence-corrected chi connectivity index (χ2v) is 5.94. The van der Waals surface area contributed by atoms with Gasteiger partial charge in [0.05, 0.1) is 5.56 Å². The molecule has 2 aromatic rings. The number of hydrogen-bond donors (Lipinski definition) is 2. The minimum atomic E-state index is -1.28. The molecule has 0 saturated heterocycles. The van der Waals surface area contributed by atoms with Gasteiger partial charge in [0.25, 0.3) is 5.91 Å². The quantitative estimate of drug-likeness (QED) is 0.906. The summed E-state index contributed by atoms with van der Waals surface area (Å²) >= 11 is 1.48. The number of aryl methyl sites for hydroxylation is 1. The summed E-state index contributed by atoms with van der Waals surface area (Å²) in [5.41, 5.74) is 0.372. The van der Waals surface area contributed by atoms with Crippen LogP contribution in [-0.2, 0) is 4.79 Å². The van der Waals surface area contributed by atoms with E-state index in [1.807, 2.05) is 25.1 Å². The summed E-state index contributed by atoms with van der Waals surface area (Å²) in [6, 6.07) is 5.84. The third kappa shape index (κ3) is 2.61. The first-order valence-electron chi connectivity index (χ1n) is 5.85. The van der Waals surface area contributed by atoms with Gasteiger partial charge in [-0.1, -0.05) is 12.1 Å². The van der Waals surface area contributed by atoms with E-state index in [0.29, 0.717) is 5.56 Å². The lowest BCUT2D eigenvalue weighted by atomic mass is 10.0. The van der Waals surface area contributed by atoms with E-state index in [-0.39, 0.29) is 5.91 Å². The number of aliphatic carboxylic acids is 1. The molecule has 1 aromatic carbocycles. The van der Waals surface area contributed by atoms with Gasteiger partial charge >= 0.3 is 5.97 Å². The molecule has 1 amide bonds. The molecular weight excluding hydrogens is 262 g/mol. The van der Waals surface area contributed by atoms with Gasteiger partial charge in [-0.3, -0.25) is 4.79 Å². The first-order valence-corrected chi connectivity index (χ1v) is 6.73. The molecule has 0 spiro atoms. The van der Waals surface area contributed by atoms with Gasteiger partial charge in [-0.2, -0.15) is 0 Å². The Kier molecular flexibility index (Phi) is 3.32. The molecule has 4 nitrogen and oxygen atoms in total. The zero-order chi connectivity index (χ0) is 14.2. The van der Waals surface area contributed by atoms with E-state index in [4.69, 9.17) is 5.11 Å². The molecule has 0 aliphatic rings. The van der Waals surface area contributed by atoms with Crippen molar-refractivity contribution in [2.75, 3.05) is 0 Å². The number of carbonyl (C=O) groups excluding carboxylic acids is 1. The van der Waals surface area contributed by atoms with Crippen molar-refractivity contribution in [1.82, 2.24) is 5.32 Å². The number of carboxylic acids is 1. The summed E-state index contributed by atoms with van der Waals surface area (Å²) in [5.74, 6) is -1.42. The van der Waals surface area contributed by atoms with Crippen molar-refractivity contribution in [3.8, 4) is 0 Å². The Morgan fingerprint density at radius 2 is 2.00 bits per heavy atom. The molecule has 1 aromatic heterocycles. The molecule has 2 rings (SSSR count). The lowest BCUT2D eigenvalue weighted by Gasteiger charge is -2.20. The highest BCUT2D eigenvalue weighted by Crippen LogP contribution is 2.27. The average molecular weight is 277 g/mol. The third-order valence-corrected chi connectivity index (χ3v) is 3.88. The molecule has 0 radical (unpaired) electrons. The highest BCUT2D eigenvalue weighted by Gasteiger charge is 2.30. The largest absolute Gasteiger partial charge is 0.480 e. The smallest absolute Gasteiger partial charge is 0.328 e. The van der Waals surface area contributed by atoms with Gasteiger partial charge in [-0.25, -0.2) is 4.79 Å². The van der Waals surface area contributed by atoms with Gasteiger partial charge in [0, 0.05) is 15.5 Å². The Hall–Kier alpha value is -1.88. The summed E-state index contributed by atoms with van der Waals surface area (Å²) in [7, 11) is 0. The van der Waals surface area contributed by atoms with Gasteiger partial charge in [0.1, 0.15) is 5.54 Å². The SMILES string of the molecule is Cc1ccc2c(C(=O)NC(C)(C)C(=O)O)csc2c1. The molecule has 0 atom stereocenters. The van der Waals surface area contributed by atoms with Gasteiger partial charge < -0.3 is 10.4 Å². The maximum absolute atomic E-state index is 12.2. The van der Waals surface area contributed by atoms with E-state index in [1.165, 1.54) is 25.2 Å². The summed E-state index contributed by atoms with van der Waals surface area (Å²) in [4.78, 5) is 23.2. The number of carboxylic acid groups (broad SMARTS) is 1. The van der Waals surface area contributed by atoms with Crippen LogP contribution in [0.2, 0.25) is 0 Å². The fourth-order valence-corrected chi connectivity index (χ4v) is 2.75. The fraction of sp³-hybridized carbons (Fsp3) is 0.286. The van der Waals surface area contributed by atoms with Crippen LogP contribution in [0.25, 0.3) is 10.1 Å². The predicted octanol–water partition coefficient (Wildman–Crippen LogP) is 2.80. The third-order valence-electron chi connectivity index (χ3n) is 2.94. The van der Waals surface area contributed by atoms with Crippen LogP contribution < -0.4 is 5.32 Å². The number of carbonyl (C=O) groups is 2. The number of thiophene rings is 1. The van der Waals surface area contributed by atoms with Crippen LogP contribution in [0.4, 0.5) is 0 Å². The van der Waals surface area contributed by atoms with Crippen LogP contribution in [0.15, 0.2) is 23.6 Å². The fourth-order valence-electron chi connectivity index (χ4n) is 1.72. The molecule has 1 heterocycles. The topological polar surface area (TPSA) is 66.4 Å². The van der Waals surface area contributed by atoms with E-state index >= 15 is 0 Å². The van der Waals surface area contributed by atoms with Crippen LogP contribution in [-0.4, -0.2) is 22.5 Å². The normalized spacial score (nSPS) is 11.5. The van der Waals surface area contributed by atoms with Crippen LogP contribution in [0.3, 0.4) is 0 Å². The van der Waals surface area contributed by atoms with E-state index < -0.39 is 11.5 Å². The summed E-state index contributed by atoms with van der Waals surface area (Å²) in [6.45, 7) is 4.92. The highest BCUT2D eigenvalue weighted by atomic mass is 32.1. The monoisotopic (exact) mass is 277 g/mol. The van der Waals surface area contributed by atoms with Crippen molar-refractivity contribution in [3.63, 3.8) is 0 Å². The van der Waals surface area contributed by atoms with Gasteiger partial charge in [-0.15, -0.1) is 11.3 Å². The standard InChI is InChI=1S/C14H15NO3S/c1-8-4-5-9-10(7-19-11(9)6-8)12(16)15-14(2,3)13(17)18/h4-7H,1-3H3,(H,15,16)(H,17,18). The highest BCUT2D eigenvalue weighted by molar-refractivity contribution is 7.17. The minimum Gasteiger partial charge on any atom is -0.480 e. The molecular formula is C14H15NO3S. The van der Waals surface area contributed by atoms with Crippen LogP contribution in [0.1, 0.15) is 29.8 Å². The number of benzene rings is 1. The van der Waals surface area contributed by atoms with E-state index in [2.05, 4.69) is 5.32 Å². The zero-order valence-electron chi connectivity index (χ0n) is 11.0. The van der Waals surface area contributed by atoms with E-state index in [1.54, 1.807) is 5.38 Å². The molecule has 100 valence electrons. The van der Waals surface area contributed by atoms with Gasteiger partial charge in [-0.05, 0) is 32.4 Å². The molecule has 0 aliphatic carbocycles. The molecule has 0 bridgehead atoms. The van der Waals surface area contributed by atoms with Crippen molar-refractivity contribution in [1.29, 1.82) is 0 Å². The molecule has 0 aliphatic heterocycles. The number of amides is 1. The number of rotatable bonds is 3. The number of fused-ring (bicyclic) bond motifs is 1. The summed E-state index contributed by atoms with van der Waals surface area (Å²) in [6.07, 6.45) is 0. The Morgan fingerprint density at radius 1 is 1.32 bits per heavy atom. The van der Waals surface area contributed by atoms with E-state index in [9.17, 15) is 9.59 Å². The average Bonchev–Trinajstić information content (AvgIpc) is 2.70. The lowest BCUT2D eigenvalue weighted by Crippen LogP contribution is -2.49. The first-order chi connectivity index (χ1) is 8.81. The van der Waals surface area contributed by atoms with Crippen molar-refractivity contribution in [2.45, 2.75) is 26.3 Å². The molecule has 5 heteroatoms. The minimum absolute atomic E-state index is 0.359. The number of nitrogens with one attached hydrogen (secondary N) is 1. The number of hydrogen-bond acceptors (Lipinski definition) is 3. The van der Waals surface area contributed by atoms with Crippen LogP contribution >= 0.6 is 11.3 Å². The van der Waals surface area contributed by atoms with Crippen molar-refractivity contribution >= 4 is 33.3 Å². The van der Waals surface area contributed by atoms with E-state index in [0.717, 1.165) is 15.6 Å². The van der Waals surface area contributed by atoms with Crippen LogP contribution in [0.5, 0.6) is 0 Å². The molecule has 0 unspecified atom stereocenters. The second-order valence-electron chi connectivity index (χ2n) is 5.03. The molecule has 0 fully saturated rings. The predicted molar refractivity (Wildman–Crippen MR) is 75.7 cm³/mol. The van der Waals surface area contributed by atoms with Gasteiger partial charge in [0.2, 0.25) is 0 Å². The first kappa shape index (κ1) is 13.5. The van der Waals surface area contributed by atoms with Crippen molar-refractivity contribution in [3.05, 3.63) is 34.7 Å². The Morgan fingerprint density at radius 3 is 2.63 bits per heavy atom. The molecule has 19 heavy (non-hydrogen) atoms. The lowest BCUT2D eigenvalue weighted by molar-refractivity contribution is -0.143. The Balaban J connectivity index is 2.35. The summed E-state index contributed by atoms with van der Waals surface area (Å²) < 4.78 is 1.03. The van der Waals surface area contributed by atoms with Crippen LogP contribution in [0, 0.1) is 6.92 Å².